The van der Waals surface area contributed by atoms with Crippen LogP contribution < -0.4 is 5.32 Å². The number of aliphatic hydroxyl groups excluding tert-OH is 1. The Morgan fingerprint density at radius 1 is 1.22 bits per heavy atom. The van der Waals surface area contributed by atoms with Gasteiger partial charge in [-0.1, -0.05) is 18.2 Å². The summed E-state index contributed by atoms with van der Waals surface area (Å²) in [5.74, 6) is 0. The number of fused-ring (bicyclic) bond motifs is 3. The van der Waals surface area contributed by atoms with E-state index in [1.165, 1.54) is 21.8 Å². The van der Waals surface area contributed by atoms with Gasteiger partial charge in [0.25, 0.3) is 0 Å². The standard InChI is InChI=1S/C22H27N3O2/c1-14(2)25-19-9-5-4-8-17(19)21-15(3)18(10-11-20(21)25)23-22(27)24-12-6-7-16(24)13-26/h4-5,8-11,14,16,26H,6-7,12-13H2,1-3H3,(H,23,27)/t16-/m1/s1. The lowest BCUT2D eigenvalue weighted by Gasteiger charge is -2.24. The van der Waals surface area contributed by atoms with E-state index >= 15 is 0 Å². The van der Waals surface area contributed by atoms with Crippen LogP contribution in [-0.4, -0.2) is 39.8 Å². The molecule has 5 nitrogen and oxygen atoms in total. The molecule has 1 fully saturated rings. The maximum Gasteiger partial charge on any atom is 0.322 e. The van der Waals surface area contributed by atoms with Crippen LogP contribution in [0.2, 0.25) is 0 Å². The van der Waals surface area contributed by atoms with Crippen LogP contribution in [0.25, 0.3) is 21.8 Å². The molecule has 2 aromatic carbocycles. The fraction of sp³-hybridized carbons (Fsp3) is 0.409. The lowest BCUT2D eigenvalue weighted by molar-refractivity contribution is 0.166. The highest BCUT2D eigenvalue weighted by Gasteiger charge is 2.28. The lowest BCUT2D eigenvalue weighted by Crippen LogP contribution is -2.40. The fourth-order valence-electron chi connectivity index (χ4n) is 4.43. The molecule has 5 heteroatoms. The van der Waals surface area contributed by atoms with Crippen molar-refractivity contribution in [3.63, 3.8) is 0 Å². The van der Waals surface area contributed by atoms with Crippen molar-refractivity contribution in [2.24, 2.45) is 0 Å². The second-order valence-corrected chi connectivity index (χ2v) is 7.72. The number of carbonyl (C=O) groups is 1. The summed E-state index contributed by atoms with van der Waals surface area (Å²) in [5.41, 5.74) is 4.32. The first-order chi connectivity index (χ1) is 13.0. The molecule has 1 aliphatic rings. The van der Waals surface area contributed by atoms with Crippen LogP contribution in [0, 0.1) is 6.92 Å². The van der Waals surface area contributed by atoms with Crippen molar-refractivity contribution in [2.45, 2.75) is 45.7 Å². The number of benzene rings is 2. The zero-order valence-corrected chi connectivity index (χ0v) is 16.2. The summed E-state index contributed by atoms with van der Waals surface area (Å²) >= 11 is 0. The molecule has 1 aliphatic heterocycles. The molecule has 27 heavy (non-hydrogen) atoms. The summed E-state index contributed by atoms with van der Waals surface area (Å²) in [7, 11) is 0. The van der Waals surface area contributed by atoms with Gasteiger partial charge in [-0.25, -0.2) is 4.79 Å². The van der Waals surface area contributed by atoms with Crippen molar-refractivity contribution in [1.82, 2.24) is 9.47 Å². The molecule has 4 rings (SSSR count). The number of aryl methyl sites for hydroxylation is 1. The summed E-state index contributed by atoms with van der Waals surface area (Å²) < 4.78 is 2.35. The molecule has 1 aromatic heterocycles. The van der Waals surface area contributed by atoms with Gasteiger partial charge >= 0.3 is 6.03 Å². The Labute approximate surface area is 159 Å². The van der Waals surface area contributed by atoms with Gasteiger partial charge in [0.15, 0.2) is 0 Å². The summed E-state index contributed by atoms with van der Waals surface area (Å²) in [4.78, 5) is 14.5. The van der Waals surface area contributed by atoms with Gasteiger partial charge < -0.3 is 19.9 Å². The smallest absolute Gasteiger partial charge is 0.322 e. The number of nitrogens with zero attached hydrogens (tertiary/aromatic N) is 2. The number of anilines is 1. The number of carbonyl (C=O) groups excluding carboxylic acids is 1. The molecule has 2 amide bonds. The molecule has 142 valence electrons. The van der Waals surface area contributed by atoms with E-state index in [4.69, 9.17) is 0 Å². The summed E-state index contributed by atoms with van der Waals surface area (Å²) in [5, 5.41) is 15.0. The third kappa shape index (κ3) is 2.86. The number of aliphatic hydroxyl groups is 1. The third-order valence-electron chi connectivity index (χ3n) is 5.74. The Hall–Kier alpha value is -2.53. The second-order valence-electron chi connectivity index (χ2n) is 7.72. The van der Waals surface area contributed by atoms with Crippen molar-refractivity contribution in [3.05, 3.63) is 42.0 Å². The molecule has 0 unspecified atom stereocenters. The van der Waals surface area contributed by atoms with Crippen LogP contribution in [0.3, 0.4) is 0 Å². The van der Waals surface area contributed by atoms with Crippen LogP contribution in [0.15, 0.2) is 36.4 Å². The highest BCUT2D eigenvalue weighted by atomic mass is 16.3. The van der Waals surface area contributed by atoms with Crippen LogP contribution in [0.1, 0.15) is 38.3 Å². The number of hydrogen-bond acceptors (Lipinski definition) is 2. The van der Waals surface area contributed by atoms with Gasteiger partial charge in [0, 0.05) is 40.1 Å². The van der Waals surface area contributed by atoms with E-state index in [2.05, 4.69) is 61.0 Å². The van der Waals surface area contributed by atoms with E-state index in [0.29, 0.717) is 12.6 Å². The molecule has 0 bridgehead atoms. The van der Waals surface area contributed by atoms with Crippen molar-refractivity contribution in [3.8, 4) is 0 Å². The Morgan fingerprint density at radius 3 is 2.74 bits per heavy atom. The molecule has 0 saturated carbocycles. The molecular formula is C22H27N3O2. The number of amides is 2. The first-order valence-electron chi connectivity index (χ1n) is 9.73. The van der Waals surface area contributed by atoms with E-state index in [1.54, 1.807) is 4.90 Å². The monoisotopic (exact) mass is 365 g/mol. The molecule has 0 aliphatic carbocycles. The maximum atomic E-state index is 12.7. The van der Waals surface area contributed by atoms with Crippen LogP contribution in [0.5, 0.6) is 0 Å². The average Bonchev–Trinajstić information content (AvgIpc) is 3.26. The van der Waals surface area contributed by atoms with Crippen LogP contribution in [-0.2, 0) is 0 Å². The largest absolute Gasteiger partial charge is 0.394 e. The van der Waals surface area contributed by atoms with Gasteiger partial charge in [0.05, 0.1) is 12.6 Å². The molecule has 0 spiro atoms. The SMILES string of the molecule is Cc1c(NC(=O)N2CCC[C@@H]2CO)ccc2c1c1ccccc1n2C(C)C. The van der Waals surface area contributed by atoms with Gasteiger partial charge in [-0.2, -0.15) is 0 Å². The minimum atomic E-state index is -0.124. The third-order valence-corrected chi connectivity index (χ3v) is 5.74. The Bertz CT molecular complexity index is 1010. The van der Waals surface area contributed by atoms with E-state index in [-0.39, 0.29) is 18.7 Å². The quantitative estimate of drug-likeness (QED) is 0.708. The number of rotatable bonds is 3. The number of aromatic nitrogens is 1. The van der Waals surface area contributed by atoms with Crippen LogP contribution in [0.4, 0.5) is 10.5 Å². The Kier molecular flexibility index (Phi) is 4.56. The van der Waals surface area contributed by atoms with Gasteiger partial charge in [0.1, 0.15) is 0 Å². The first kappa shape index (κ1) is 17.9. The highest BCUT2D eigenvalue weighted by molar-refractivity contribution is 6.12. The molecule has 1 saturated heterocycles. The minimum absolute atomic E-state index is 0.0211. The van der Waals surface area contributed by atoms with E-state index in [0.717, 1.165) is 24.1 Å². The second kappa shape index (κ2) is 6.89. The number of urea groups is 1. The zero-order chi connectivity index (χ0) is 19.1. The fourth-order valence-corrected chi connectivity index (χ4v) is 4.43. The van der Waals surface area contributed by atoms with Crippen molar-refractivity contribution in [2.75, 3.05) is 18.5 Å². The van der Waals surface area contributed by atoms with Gasteiger partial charge in [-0.05, 0) is 57.4 Å². The van der Waals surface area contributed by atoms with E-state index in [9.17, 15) is 9.90 Å². The Morgan fingerprint density at radius 2 is 2.00 bits per heavy atom. The predicted octanol–water partition coefficient (Wildman–Crippen LogP) is 4.67. The number of likely N-dealkylation sites (tertiary alicyclic amines) is 1. The maximum absolute atomic E-state index is 12.7. The first-order valence-corrected chi connectivity index (χ1v) is 9.73. The topological polar surface area (TPSA) is 57.5 Å². The van der Waals surface area contributed by atoms with Gasteiger partial charge in [-0.3, -0.25) is 0 Å². The molecule has 0 radical (unpaired) electrons. The van der Waals surface area contributed by atoms with E-state index < -0.39 is 0 Å². The normalized spacial score (nSPS) is 17.4. The zero-order valence-electron chi connectivity index (χ0n) is 16.2. The van der Waals surface area contributed by atoms with Crippen molar-refractivity contribution in [1.29, 1.82) is 0 Å². The number of nitrogens with one attached hydrogen (secondary N) is 1. The highest BCUT2D eigenvalue weighted by Crippen LogP contribution is 2.36. The average molecular weight is 365 g/mol. The summed E-state index contributed by atoms with van der Waals surface area (Å²) in [6.45, 7) is 7.18. The molecule has 2 N–H and O–H groups in total. The van der Waals surface area contributed by atoms with Crippen molar-refractivity contribution < 1.29 is 9.90 Å². The molecule has 3 aromatic rings. The lowest BCUT2D eigenvalue weighted by atomic mass is 10.1. The summed E-state index contributed by atoms with van der Waals surface area (Å²) in [6, 6.07) is 12.7. The Balaban J connectivity index is 1.79. The van der Waals surface area contributed by atoms with Crippen molar-refractivity contribution >= 4 is 33.5 Å². The van der Waals surface area contributed by atoms with E-state index in [1.807, 2.05) is 6.07 Å². The summed E-state index contributed by atoms with van der Waals surface area (Å²) in [6.07, 6.45) is 1.81. The van der Waals surface area contributed by atoms with Gasteiger partial charge in [-0.15, -0.1) is 0 Å². The van der Waals surface area contributed by atoms with Crippen LogP contribution >= 0.6 is 0 Å². The minimum Gasteiger partial charge on any atom is -0.394 e. The number of para-hydroxylation sites is 1. The molecule has 1 atom stereocenters. The number of hydrogen-bond donors (Lipinski definition) is 2. The molecule has 2 heterocycles. The molecular weight excluding hydrogens is 338 g/mol. The van der Waals surface area contributed by atoms with Gasteiger partial charge in [0.2, 0.25) is 0 Å². The predicted molar refractivity (Wildman–Crippen MR) is 110 cm³/mol.